The lowest BCUT2D eigenvalue weighted by atomic mass is 10.1. The molecule has 0 saturated carbocycles. The first-order chi connectivity index (χ1) is 15.6. The fraction of sp³-hybridized carbons (Fsp3) is 0.136. The maximum Gasteiger partial charge on any atom is 0.455 e. The van der Waals surface area contributed by atoms with Crippen molar-refractivity contribution in [3.8, 4) is 10.6 Å². The van der Waals surface area contributed by atoms with E-state index in [0.29, 0.717) is 33.0 Å². The molecule has 0 saturated heterocycles. The standard InChI is InChI=1S/C22H16F3N3O3S2/c23-22(24,25)21(29)20-11-10-19(32-20)18-13-28(27-26-18)12-15-6-4-5-7-16(15)14-33(30,31)17-8-2-1-3-9-17/h1-11,13H,12,14H2. The van der Waals surface area contributed by atoms with E-state index in [1.54, 1.807) is 54.6 Å². The van der Waals surface area contributed by atoms with Gasteiger partial charge in [0.15, 0.2) is 9.84 Å². The van der Waals surface area contributed by atoms with Crippen LogP contribution in [0.2, 0.25) is 0 Å². The van der Waals surface area contributed by atoms with Crippen molar-refractivity contribution in [2.45, 2.75) is 23.4 Å². The van der Waals surface area contributed by atoms with E-state index in [0.717, 1.165) is 6.07 Å². The van der Waals surface area contributed by atoms with Crippen molar-refractivity contribution < 1.29 is 26.4 Å². The fourth-order valence-electron chi connectivity index (χ4n) is 3.17. The van der Waals surface area contributed by atoms with Crippen molar-refractivity contribution in [3.05, 3.63) is 88.9 Å². The molecule has 0 N–H and O–H groups in total. The lowest BCUT2D eigenvalue weighted by Gasteiger charge is -2.10. The van der Waals surface area contributed by atoms with Crippen LogP contribution in [0.4, 0.5) is 13.2 Å². The first kappa shape index (κ1) is 22.9. The molecular weight excluding hydrogens is 475 g/mol. The number of ketones is 1. The largest absolute Gasteiger partial charge is 0.455 e. The Bertz CT molecular complexity index is 1390. The molecule has 0 aliphatic heterocycles. The number of carbonyl (C=O) groups excluding carboxylic acids is 1. The maximum absolute atomic E-state index is 12.8. The predicted octanol–water partition coefficient (Wildman–Crippen LogP) is 4.77. The summed E-state index contributed by atoms with van der Waals surface area (Å²) in [5, 5.41) is 7.99. The molecule has 11 heteroatoms. The third-order valence-corrected chi connectivity index (χ3v) is 7.56. The van der Waals surface area contributed by atoms with E-state index in [1.165, 1.54) is 16.9 Å². The monoisotopic (exact) mass is 491 g/mol. The van der Waals surface area contributed by atoms with Crippen LogP contribution in [0.5, 0.6) is 0 Å². The van der Waals surface area contributed by atoms with Gasteiger partial charge in [0.25, 0.3) is 5.78 Å². The average Bonchev–Trinajstić information content (AvgIpc) is 3.44. The number of halogens is 3. The van der Waals surface area contributed by atoms with Crippen LogP contribution in [0.3, 0.4) is 0 Å². The molecule has 33 heavy (non-hydrogen) atoms. The Balaban J connectivity index is 1.54. The van der Waals surface area contributed by atoms with Crippen LogP contribution in [-0.4, -0.2) is 35.4 Å². The number of benzene rings is 2. The van der Waals surface area contributed by atoms with Crippen molar-refractivity contribution >= 4 is 27.0 Å². The molecule has 0 aliphatic rings. The second-order valence-corrected chi connectivity index (χ2v) is 10.2. The van der Waals surface area contributed by atoms with Gasteiger partial charge in [0.05, 0.1) is 33.1 Å². The smallest absolute Gasteiger partial charge is 0.283 e. The maximum atomic E-state index is 12.8. The molecule has 2 aromatic carbocycles. The minimum atomic E-state index is -4.94. The molecule has 170 valence electrons. The number of rotatable bonds is 7. The highest BCUT2D eigenvalue weighted by atomic mass is 32.2. The van der Waals surface area contributed by atoms with Gasteiger partial charge in [0, 0.05) is 0 Å². The van der Waals surface area contributed by atoms with Crippen LogP contribution in [0, 0.1) is 0 Å². The lowest BCUT2D eigenvalue weighted by molar-refractivity contribution is -0.0882. The van der Waals surface area contributed by atoms with Crippen molar-refractivity contribution in [2.75, 3.05) is 0 Å². The summed E-state index contributed by atoms with van der Waals surface area (Å²) in [5.41, 5.74) is 1.63. The van der Waals surface area contributed by atoms with Gasteiger partial charge in [-0.3, -0.25) is 4.79 Å². The first-order valence-corrected chi connectivity index (χ1v) is 12.1. The molecule has 0 atom stereocenters. The Hall–Kier alpha value is -3.31. The molecular formula is C22H16F3N3O3S2. The molecule has 2 aromatic heterocycles. The van der Waals surface area contributed by atoms with E-state index in [9.17, 15) is 26.4 Å². The van der Waals surface area contributed by atoms with Gasteiger partial charge in [-0.2, -0.15) is 13.2 Å². The molecule has 4 rings (SSSR count). The van der Waals surface area contributed by atoms with Crippen LogP contribution in [0.1, 0.15) is 20.8 Å². The number of thiophene rings is 1. The Kier molecular flexibility index (Phi) is 6.17. The molecule has 0 spiro atoms. The topological polar surface area (TPSA) is 81.9 Å². The van der Waals surface area contributed by atoms with Crippen molar-refractivity contribution in [3.63, 3.8) is 0 Å². The third-order valence-electron chi connectivity index (χ3n) is 4.78. The SMILES string of the molecule is O=C(c1ccc(-c2cn(Cc3ccccc3CS(=O)(=O)c3ccccc3)nn2)s1)C(F)(F)F. The van der Waals surface area contributed by atoms with Gasteiger partial charge in [-0.25, -0.2) is 13.1 Å². The third kappa shape index (κ3) is 5.20. The highest BCUT2D eigenvalue weighted by Gasteiger charge is 2.40. The summed E-state index contributed by atoms with van der Waals surface area (Å²) in [6.45, 7) is 0.215. The molecule has 4 aromatic rings. The number of alkyl halides is 3. The zero-order valence-corrected chi connectivity index (χ0v) is 18.5. The number of hydrogen-bond donors (Lipinski definition) is 0. The molecule has 0 aliphatic carbocycles. The van der Waals surface area contributed by atoms with Crippen LogP contribution >= 0.6 is 11.3 Å². The van der Waals surface area contributed by atoms with Crippen molar-refractivity contribution in [1.82, 2.24) is 15.0 Å². The van der Waals surface area contributed by atoms with Crippen LogP contribution < -0.4 is 0 Å². The van der Waals surface area contributed by atoms with Gasteiger partial charge in [-0.1, -0.05) is 47.7 Å². The normalized spacial score (nSPS) is 12.1. The number of carbonyl (C=O) groups is 1. The van der Waals surface area contributed by atoms with E-state index < -0.39 is 26.7 Å². The quantitative estimate of drug-likeness (QED) is 0.348. The summed E-state index contributed by atoms with van der Waals surface area (Å²) in [5.74, 6) is -2.09. The van der Waals surface area contributed by atoms with E-state index in [4.69, 9.17) is 0 Å². The summed E-state index contributed by atoms with van der Waals surface area (Å²) in [4.78, 5) is 11.6. The Morgan fingerprint density at radius 2 is 1.61 bits per heavy atom. The molecule has 0 bridgehead atoms. The summed E-state index contributed by atoms with van der Waals surface area (Å²) in [7, 11) is -3.55. The summed E-state index contributed by atoms with van der Waals surface area (Å²) >= 11 is 0.685. The van der Waals surface area contributed by atoms with E-state index >= 15 is 0 Å². The Labute approximate surface area is 191 Å². The van der Waals surface area contributed by atoms with E-state index in [1.807, 2.05) is 0 Å². The zero-order chi connectivity index (χ0) is 23.6. The van der Waals surface area contributed by atoms with Crippen LogP contribution in [-0.2, 0) is 22.1 Å². The summed E-state index contributed by atoms with van der Waals surface area (Å²) < 4.78 is 64.9. The Morgan fingerprint density at radius 3 is 2.30 bits per heavy atom. The second-order valence-electron chi connectivity index (χ2n) is 7.13. The first-order valence-electron chi connectivity index (χ1n) is 9.60. The number of sulfone groups is 1. The van der Waals surface area contributed by atoms with Gasteiger partial charge >= 0.3 is 6.18 Å². The van der Waals surface area contributed by atoms with Crippen molar-refractivity contribution in [2.24, 2.45) is 0 Å². The molecule has 0 amide bonds. The number of Topliss-reactive ketones (excluding diaryl/α,β-unsaturated/α-hetero) is 1. The van der Waals surface area contributed by atoms with Gasteiger partial charge in [-0.05, 0) is 35.4 Å². The number of nitrogens with zero attached hydrogens (tertiary/aromatic N) is 3. The second kappa shape index (κ2) is 8.91. The molecule has 2 heterocycles. The van der Waals surface area contributed by atoms with Gasteiger partial charge in [0.1, 0.15) is 5.69 Å². The summed E-state index contributed by atoms with van der Waals surface area (Å²) in [6, 6.07) is 17.7. The van der Waals surface area contributed by atoms with Gasteiger partial charge < -0.3 is 0 Å². The number of hydrogen-bond acceptors (Lipinski definition) is 6. The zero-order valence-electron chi connectivity index (χ0n) is 16.9. The summed E-state index contributed by atoms with van der Waals surface area (Å²) in [6.07, 6.45) is -3.40. The van der Waals surface area contributed by atoms with E-state index in [-0.39, 0.29) is 17.2 Å². The van der Waals surface area contributed by atoms with Crippen molar-refractivity contribution in [1.29, 1.82) is 0 Å². The number of aromatic nitrogens is 3. The van der Waals surface area contributed by atoms with Gasteiger partial charge in [-0.15, -0.1) is 16.4 Å². The Morgan fingerprint density at radius 1 is 0.939 bits per heavy atom. The minimum absolute atomic E-state index is 0.192. The molecule has 0 fully saturated rings. The van der Waals surface area contributed by atoms with Gasteiger partial charge in [0.2, 0.25) is 0 Å². The highest BCUT2D eigenvalue weighted by molar-refractivity contribution is 7.90. The lowest BCUT2D eigenvalue weighted by Crippen LogP contribution is -2.21. The highest BCUT2D eigenvalue weighted by Crippen LogP contribution is 2.31. The predicted molar refractivity (Wildman–Crippen MR) is 117 cm³/mol. The van der Waals surface area contributed by atoms with Crippen LogP contribution in [0.15, 0.2) is 77.8 Å². The fourth-order valence-corrected chi connectivity index (χ4v) is 5.51. The average molecular weight is 492 g/mol. The molecule has 0 radical (unpaired) electrons. The molecule has 0 unspecified atom stereocenters. The van der Waals surface area contributed by atoms with E-state index in [2.05, 4.69) is 10.3 Å². The minimum Gasteiger partial charge on any atom is -0.283 e. The van der Waals surface area contributed by atoms with Crippen LogP contribution in [0.25, 0.3) is 10.6 Å². The molecule has 6 nitrogen and oxygen atoms in total.